The monoisotopic (exact) mass is 340 g/mol. The van der Waals surface area contributed by atoms with Crippen LogP contribution in [0.1, 0.15) is 15.9 Å². The van der Waals surface area contributed by atoms with Gasteiger partial charge in [0.05, 0.1) is 0 Å². The molecule has 4 nitrogen and oxygen atoms in total. The van der Waals surface area contributed by atoms with Crippen LogP contribution in [-0.4, -0.2) is 18.0 Å². The summed E-state index contributed by atoms with van der Waals surface area (Å²) in [6, 6.07) is 10.7. The highest BCUT2D eigenvalue weighted by Crippen LogP contribution is 2.19. The summed E-state index contributed by atoms with van der Waals surface area (Å²) in [5, 5.41) is 4.24. The maximum absolute atomic E-state index is 13.0. The molecule has 2 amide bonds. The van der Waals surface area contributed by atoms with Gasteiger partial charge in [-0.1, -0.05) is 18.2 Å². The molecular weight excluding hydrogens is 328 g/mol. The van der Waals surface area contributed by atoms with Gasteiger partial charge in [0.25, 0.3) is 5.91 Å². The minimum atomic E-state index is -4.98. The first-order valence-corrected chi connectivity index (χ1v) is 6.76. The van der Waals surface area contributed by atoms with Crippen molar-refractivity contribution in [2.45, 2.75) is 12.7 Å². The van der Waals surface area contributed by atoms with Crippen LogP contribution < -0.4 is 10.6 Å². The van der Waals surface area contributed by atoms with Crippen LogP contribution in [0.15, 0.2) is 48.5 Å². The number of hydrogen-bond acceptors (Lipinski definition) is 2. The fraction of sp³-hybridized carbons (Fsp3) is 0.125. The van der Waals surface area contributed by atoms with Gasteiger partial charge in [-0.2, -0.15) is 13.2 Å². The van der Waals surface area contributed by atoms with E-state index in [0.29, 0.717) is 5.56 Å². The Labute approximate surface area is 134 Å². The molecule has 0 heterocycles. The molecular formula is C16H12F4N2O2. The Kier molecular flexibility index (Phi) is 5.18. The number of nitrogens with one attached hydrogen (secondary N) is 2. The fourth-order valence-corrected chi connectivity index (χ4v) is 1.88. The summed E-state index contributed by atoms with van der Waals surface area (Å²) in [5.41, 5.74) is 0.547. The number of alkyl halides is 3. The van der Waals surface area contributed by atoms with Crippen molar-refractivity contribution >= 4 is 17.5 Å². The van der Waals surface area contributed by atoms with Crippen LogP contribution >= 0.6 is 0 Å². The summed E-state index contributed by atoms with van der Waals surface area (Å²) in [5.74, 6) is -3.16. The van der Waals surface area contributed by atoms with E-state index >= 15 is 0 Å². The topological polar surface area (TPSA) is 58.2 Å². The smallest absolute Gasteiger partial charge is 0.348 e. The zero-order chi connectivity index (χ0) is 17.7. The van der Waals surface area contributed by atoms with E-state index in [2.05, 4.69) is 5.32 Å². The summed E-state index contributed by atoms with van der Waals surface area (Å²) in [7, 11) is 0. The number of hydrogen-bond donors (Lipinski definition) is 2. The van der Waals surface area contributed by atoms with E-state index in [1.54, 1.807) is 11.4 Å². The maximum Gasteiger partial charge on any atom is 0.471 e. The zero-order valence-electron chi connectivity index (χ0n) is 12.2. The first-order chi connectivity index (χ1) is 11.3. The second-order valence-electron chi connectivity index (χ2n) is 4.85. The summed E-state index contributed by atoms with van der Waals surface area (Å²) in [6.45, 7) is 0.00503. The molecule has 0 unspecified atom stereocenters. The molecule has 126 valence electrons. The number of amides is 2. The summed E-state index contributed by atoms with van der Waals surface area (Å²) >= 11 is 0. The van der Waals surface area contributed by atoms with Gasteiger partial charge in [-0.05, 0) is 35.9 Å². The van der Waals surface area contributed by atoms with Gasteiger partial charge < -0.3 is 10.6 Å². The SMILES string of the molecule is O=C(NCc1cccc(NC(=O)C(F)(F)F)c1)c1cccc(F)c1. The van der Waals surface area contributed by atoms with Crippen LogP contribution in [0.25, 0.3) is 0 Å². The van der Waals surface area contributed by atoms with Crippen molar-refractivity contribution in [3.8, 4) is 0 Å². The van der Waals surface area contributed by atoms with Crippen LogP contribution in [0.5, 0.6) is 0 Å². The predicted octanol–water partition coefficient (Wildman–Crippen LogP) is 3.26. The highest BCUT2D eigenvalue weighted by molar-refractivity contribution is 5.95. The first kappa shape index (κ1) is 17.5. The van der Waals surface area contributed by atoms with Crippen molar-refractivity contribution in [1.29, 1.82) is 0 Å². The van der Waals surface area contributed by atoms with Crippen molar-refractivity contribution in [1.82, 2.24) is 5.32 Å². The molecule has 0 fully saturated rings. The zero-order valence-corrected chi connectivity index (χ0v) is 12.2. The van der Waals surface area contributed by atoms with Gasteiger partial charge in [-0.25, -0.2) is 4.39 Å². The molecule has 2 aromatic carbocycles. The van der Waals surface area contributed by atoms with Crippen molar-refractivity contribution in [2.75, 3.05) is 5.32 Å². The Bertz CT molecular complexity index is 760. The van der Waals surface area contributed by atoms with Gasteiger partial charge in [0.15, 0.2) is 0 Å². The van der Waals surface area contributed by atoms with Gasteiger partial charge in [0, 0.05) is 17.8 Å². The van der Waals surface area contributed by atoms with Crippen LogP contribution in [0.4, 0.5) is 23.2 Å². The summed E-state index contributed by atoms with van der Waals surface area (Å²) < 4.78 is 49.7. The number of carbonyl (C=O) groups is 2. The van der Waals surface area contributed by atoms with E-state index in [0.717, 1.165) is 6.07 Å². The normalized spacial score (nSPS) is 11.0. The molecule has 0 saturated carbocycles. The van der Waals surface area contributed by atoms with E-state index < -0.39 is 23.8 Å². The molecule has 0 aliphatic rings. The van der Waals surface area contributed by atoms with Crippen molar-refractivity contribution in [3.05, 3.63) is 65.5 Å². The lowest BCUT2D eigenvalue weighted by Crippen LogP contribution is -2.30. The highest BCUT2D eigenvalue weighted by atomic mass is 19.4. The molecule has 0 saturated heterocycles. The number of rotatable bonds is 4. The molecule has 0 aliphatic carbocycles. The molecule has 0 aromatic heterocycles. The van der Waals surface area contributed by atoms with E-state index in [1.165, 1.54) is 36.4 Å². The molecule has 2 N–H and O–H groups in total. The molecule has 24 heavy (non-hydrogen) atoms. The summed E-state index contributed by atoms with van der Waals surface area (Å²) in [6.07, 6.45) is -4.98. The van der Waals surface area contributed by atoms with Gasteiger partial charge in [-0.15, -0.1) is 0 Å². The third-order valence-electron chi connectivity index (χ3n) is 2.98. The molecule has 0 bridgehead atoms. The third-order valence-corrected chi connectivity index (χ3v) is 2.98. The lowest BCUT2D eigenvalue weighted by atomic mass is 10.1. The van der Waals surface area contributed by atoms with Crippen LogP contribution in [0.2, 0.25) is 0 Å². The molecule has 0 radical (unpaired) electrons. The average molecular weight is 340 g/mol. The number of halogens is 4. The minimum Gasteiger partial charge on any atom is -0.348 e. The van der Waals surface area contributed by atoms with Crippen molar-refractivity contribution in [3.63, 3.8) is 0 Å². The van der Waals surface area contributed by atoms with Crippen LogP contribution in [-0.2, 0) is 11.3 Å². The third kappa shape index (κ3) is 4.80. The number of carbonyl (C=O) groups excluding carboxylic acids is 2. The Morgan fingerprint density at radius 1 is 1.00 bits per heavy atom. The Morgan fingerprint density at radius 2 is 1.71 bits per heavy atom. The van der Waals surface area contributed by atoms with Crippen LogP contribution in [0, 0.1) is 5.82 Å². The lowest BCUT2D eigenvalue weighted by molar-refractivity contribution is -0.167. The van der Waals surface area contributed by atoms with Crippen LogP contribution in [0.3, 0.4) is 0 Å². The molecule has 2 aromatic rings. The Balaban J connectivity index is 1.99. The molecule has 0 spiro atoms. The van der Waals surface area contributed by atoms with Gasteiger partial charge >= 0.3 is 12.1 Å². The van der Waals surface area contributed by atoms with E-state index in [1.807, 2.05) is 0 Å². The highest BCUT2D eigenvalue weighted by Gasteiger charge is 2.38. The standard InChI is InChI=1S/C16H12F4N2O2/c17-12-5-2-4-11(8-12)14(23)21-9-10-3-1-6-13(7-10)22-15(24)16(18,19)20/h1-8H,9H2,(H,21,23)(H,22,24). The average Bonchev–Trinajstić information content (AvgIpc) is 2.52. The van der Waals surface area contributed by atoms with E-state index in [4.69, 9.17) is 0 Å². The van der Waals surface area contributed by atoms with E-state index in [-0.39, 0.29) is 17.8 Å². The van der Waals surface area contributed by atoms with Crippen molar-refractivity contribution < 1.29 is 27.2 Å². The lowest BCUT2D eigenvalue weighted by Gasteiger charge is -2.10. The largest absolute Gasteiger partial charge is 0.471 e. The predicted molar refractivity (Wildman–Crippen MR) is 78.7 cm³/mol. The van der Waals surface area contributed by atoms with Crippen molar-refractivity contribution in [2.24, 2.45) is 0 Å². The second-order valence-corrected chi connectivity index (χ2v) is 4.85. The molecule has 2 rings (SSSR count). The number of anilines is 1. The fourth-order valence-electron chi connectivity index (χ4n) is 1.88. The van der Waals surface area contributed by atoms with Gasteiger partial charge in [0.1, 0.15) is 5.82 Å². The molecule has 8 heteroatoms. The Morgan fingerprint density at radius 3 is 2.38 bits per heavy atom. The first-order valence-electron chi connectivity index (χ1n) is 6.76. The van der Waals surface area contributed by atoms with E-state index in [9.17, 15) is 27.2 Å². The van der Waals surface area contributed by atoms with Gasteiger partial charge in [0.2, 0.25) is 0 Å². The maximum atomic E-state index is 13.0. The second kappa shape index (κ2) is 7.12. The minimum absolute atomic E-state index is 0.00503. The Hall–Kier alpha value is -2.90. The summed E-state index contributed by atoms with van der Waals surface area (Å²) in [4.78, 5) is 22.8. The quantitative estimate of drug-likeness (QED) is 0.840. The van der Waals surface area contributed by atoms with Gasteiger partial charge in [-0.3, -0.25) is 9.59 Å². The molecule has 0 aliphatic heterocycles. The molecule has 0 atom stereocenters. The number of benzene rings is 2.